The van der Waals surface area contributed by atoms with E-state index in [2.05, 4.69) is 10.6 Å². The van der Waals surface area contributed by atoms with E-state index in [1.54, 1.807) is 0 Å². The molecule has 3 N–H and O–H groups in total. The van der Waals surface area contributed by atoms with Gasteiger partial charge in [-0.1, -0.05) is 6.92 Å². The fourth-order valence-electron chi connectivity index (χ4n) is 1.97. The SMILES string of the molecule is CC(CO)CCCNC(=O)[C@@H]1CCCNC1.Cl. The Labute approximate surface area is 110 Å². The summed E-state index contributed by atoms with van der Waals surface area (Å²) in [6.07, 6.45) is 4.03. The van der Waals surface area contributed by atoms with Crippen molar-refractivity contribution in [3.05, 3.63) is 0 Å². The third kappa shape index (κ3) is 6.86. The van der Waals surface area contributed by atoms with Gasteiger partial charge in [0, 0.05) is 19.7 Å². The molecule has 17 heavy (non-hydrogen) atoms. The summed E-state index contributed by atoms with van der Waals surface area (Å²) in [4.78, 5) is 11.7. The summed E-state index contributed by atoms with van der Waals surface area (Å²) in [7, 11) is 0. The maximum Gasteiger partial charge on any atom is 0.224 e. The Morgan fingerprint density at radius 1 is 1.59 bits per heavy atom. The standard InChI is InChI=1S/C12H24N2O2.ClH/c1-10(9-15)4-2-7-14-12(16)11-5-3-6-13-8-11;/h10-11,13,15H,2-9H2,1H3,(H,14,16);1H/t10?,11-;/m1./s1. The number of nitrogens with one attached hydrogen (secondary N) is 2. The Morgan fingerprint density at radius 3 is 2.94 bits per heavy atom. The van der Waals surface area contributed by atoms with Crippen LogP contribution in [-0.4, -0.2) is 37.3 Å². The number of aliphatic hydroxyl groups is 1. The van der Waals surface area contributed by atoms with E-state index in [4.69, 9.17) is 5.11 Å². The summed E-state index contributed by atoms with van der Waals surface area (Å²) >= 11 is 0. The average molecular weight is 265 g/mol. The normalized spacial score (nSPS) is 21.4. The molecule has 0 bridgehead atoms. The summed E-state index contributed by atoms with van der Waals surface area (Å²) in [6.45, 7) is 4.85. The Bertz CT molecular complexity index is 209. The molecule has 0 aromatic rings. The second-order valence-electron chi connectivity index (χ2n) is 4.76. The molecule has 0 aromatic heterocycles. The van der Waals surface area contributed by atoms with E-state index in [-0.39, 0.29) is 30.8 Å². The molecule has 1 saturated heterocycles. The maximum absolute atomic E-state index is 11.7. The fraction of sp³-hybridized carbons (Fsp3) is 0.917. The Kier molecular flexibility index (Phi) is 9.50. The van der Waals surface area contributed by atoms with Crippen molar-refractivity contribution in [2.75, 3.05) is 26.2 Å². The molecule has 5 heteroatoms. The highest BCUT2D eigenvalue weighted by molar-refractivity contribution is 5.85. The second kappa shape index (κ2) is 9.68. The van der Waals surface area contributed by atoms with Gasteiger partial charge < -0.3 is 15.7 Å². The van der Waals surface area contributed by atoms with Gasteiger partial charge in [-0.3, -0.25) is 4.79 Å². The van der Waals surface area contributed by atoms with Crippen molar-refractivity contribution in [1.82, 2.24) is 10.6 Å². The van der Waals surface area contributed by atoms with Crippen LogP contribution < -0.4 is 10.6 Å². The summed E-state index contributed by atoms with van der Waals surface area (Å²) in [5.74, 6) is 0.682. The van der Waals surface area contributed by atoms with Gasteiger partial charge >= 0.3 is 0 Å². The number of hydrogen-bond donors (Lipinski definition) is 3. The number of carbonyl (C=O) groups excluding carboxylic acids is 1. The van der Waals surface area contributed by atoms with E-state index in [0.29, 0.717) is 5.92 Å². The molecular formula is C12H25ClN2O2. The highest BCUT2D eigenvalue weighted by atomic mass is 35.5. The van der Waals surface area contributed by atoms with Gasteiger partial charge in [0.1, 0.15) is 0 Å². The lowest BCUT2D eigenvalue weighted by Gasteiger charge is -2.21. The molecule has 1 heterocycles. The summed E-state index contributed by atoms with van der Waals surface area (Å²) in [5.41, 5.74) is 0. The molecule has 0 saturated carbocycles. The largest absolute Gasteiger partial charge is 0.396 e. The van der Waals surface area contributed by atoms with Crippen LogP contribution in [0.2, 0.25) is 0 Å². The predicted molar refractivity (Wildman–Crippen MR) is 71.3 cm³/mol. The van der Waals surface area contributed by atoms with Crippen LogP contribution in [-0.2, 0) is 4.79 Å². The number of halogens is 1. The van der Waals surface area contributed by atoms with Crippen LogP contribution >= 0.6 is 12.4 Å². The smallest absolute Gasteiger partial charge is 0.224 e. The summed E-state index contributed by atoms with van der Waals surface area (Å²) in [6, 6.07) is 0. The first-order valence-electron chi connectivity index (χ1n) is 6.33. The molecule has 1 amide bonds. The highest BCUT2D eigenvalue weighted by Gasteiger charge is 2.19. The van der Waals surface area contributed by atoms with E-state index in [1.165, 1.54) is 0 Å². The first kappa shape index (κ1) is 16.7. The maximum atomic E-state index is 11.7. The summed E-state index contributed by atoms with van der Waals surface area (Å²) in [5, 5.41) is 15.1. The van der Waals surface area contributed by atoms with Crippen LogP contribution in [0.1, 0.15) is 32.6 Å². The second-order valence-corrected chi connectivity index (χ2v) is 4.76. The van der Waals surface area contributed by atoms with Crippen LogP contribution in [0.4, 0.5) is 0 Å². The van der Waals surface area contributed by atoms with E-state index in [0.717, 1.165) is 45.3 Å². The fourth-order valence-corrected chi connectivity index (χ4v) is 1.97. The monoisotopic (exact) mass is 264 g/mol. The third-order valence-corrected chi connectivity index (χ3v) is 3.15. The lowest BCUT2D eigenvalue weighted by Crippen LogP contribution is -2.40. The minimum absolute atomic E-state index is 0. The quantitative estimate of drug-likeness (QED) is 0.626. The lowest BCUT2D eigenvalue weighted by molar-refractivity contribution is -0.125. The highest BCUT2D eigenvalue weighted by Crippen LogP contribution is 2.09. The van der Waals surface area contributed by atoms with Gasteiger partial charge in [-0.25, -0.2) is 0 Å². The molecule has 0 aromatic carbocycles. The van der Waals surface area contributed by atoms with Crippen molar-refractivity contribution in [2.45, 2.75) is 32.6 Å². The van der Waals surface area contributed by atoms with Crippen LogP contribution in [0.3, 0.4) is 0 Å². The zero-order chi connectivity index (χ0) is 11.8. The number of rotatable bonds is 6. The van der Waals surface area contributed by atoms with Gasteiger partial charge in [-0.05, 0) is 38.1 Å². The number of hydrogen-bond acceptors (Lipinski definition) is 3. The number of piperidine rings is 1. The Hall–Kier alpha value is -0.320. The molecule has 4 nitrogen and oxygen atoms in total. The number of aliphatic hydroxyl groups excluding tert-OH is 1. The van der Waals surface area contributed by atoms with Crippen molar-refractivity contribution < 1.29 is 9.90 Å². The first-order valence-corrected chi connectivity index (χ1v) is 6.33. The van der Waals surface area contributed by atoms with Crippen molar-refractivity contribution in [3.8, 4) is 0 Å². The zero-order valence-electron chi connectivity index (χ0n) is 10.6. The molecule has 1 aliphatic heterocycles. The van der Waals surface area contributed by atoms with E-state index in [1.807, 2.05) is 6.92 Å². The third-order valence-electron chi connectivity index (χ3n) is 3.15. The van der Waals surface area contributed by atoms with Crippen LogP contribution in [0, 0.1) is 11.8 Å². The summed E-state index contributed by atoms with van der Waals surface area (Å²) < 4.78 is 0. The molecule has 1 aliphatic rings. The average Bonchev–Trinajstić information content (AvgIpc) is 2.35. The topological polar surface area (TPSA) is 61.4 Å². The van der Waals surface area contributed by atoms with Gasteiger partial charge in [0.15, 0.2) is 0 Å². The van der Waals surface area contributed by atoms with Crippen molar-refractivity contribution >= 4 is 18.3 Å². The predicted octanol–water partition coefficient (Wildman–Crippen LogP) is 0.933. The van der Waals surface area contributed by atoms with Gasteiger partial charge in [0.2, 0.25) is 5.91 Å². The lowest BCUT2D eigenvalue weighted by atomic mass is 9.99. The molecule has 0 aliphatic carbocycles. The van der Waals surface area contributed by atoms with Gasteiger partial charge in [-0.15, -0.1) is 12.4 Å². The Balaban J connectivity index is 0.00000256. The Morgan fingerprint density at radius 2 is 2.35 bits per heavy atom. The minimum Gasteiger partial charge on any atom is -0.396 e. The van der Waals surface area contributed by atoms with Crippen LogP contribution in [0.25, 0.3) is 0 Å². The van der Waals surface area contributed by atoms with Gasteiger partial charge in [-0.2, -0.15) is 0 Å². The zero-order valence-corrected chi connectivity index (χ0v) is 11.4. The van der Waals surface area contributed by atoms with E-state index >= 15 is 0 Å². The molecule has 2 atom stereocenters. The number of carbonyl (C=O) groups is 1. The van der Waals surface area contributed by atoms with E-state index < -0.39 is 0 Å². The van der Waals surface area contributed by atoms with Crippen LogP contribution in [0.5, 0.6) is 0 Å². The van der Waals surface area contributed by atoms with Gasteiger partial charge in [0.25, 0.3) is 0 Å². The molecule has 0 spiro atoms. The number of amides is 1. The minimum atomic E-state index is 0. The molecule has 102 valence electrons. The van der Waals surface area contributed by atoms with E-state index in [9.17, 15) is 4.79 Å². The molecule has 0 radical (unpaired) electrons. The molecular weight excluding hydrogens is 240 g/mol. The first-order chi connectivity index (χ1) is 7.74. The van der Waals surface area contributed by atoms with Gasteiger partial charge in [0.05, 0.1) is 5.92 Å². The van der Waals surface area contributed by atoms with Crippen molar-refractivity contribution in [3.63, 3.8) is 0 Å². The molecule has 1 rings (SSSR count). The molecule has 1 fully saturated rings. The van der Waals surface area contributed by atoms with Crippen LogP contribution in [0.15, 0.2) is 0 Å². The van der Waals surface area contributed by atoms with Crippen molar-refractivity contribution in [1.29, 1.82) is 0 Å². The molecule has 1 unspecified atom stereocenters. The van der Waals surface area contributed by atoms with Crippen molar-refractivity contribution in [2.24, 2.45) is 11.8 Å².